The standard InChI is InChI=1S/C26H22FN3O3/c1-16-23(17(2)33-29-16)15-32-21-13-7-18(8-14-21)25-28-24-6-4-3-5-22(24)26(31)30(25)20-11-9-19(27)10-12-20/h3-14,25,28H,15H2,1-2H3. The first-order valence-electron chi connectivity index (χ1n) is 10.6. The highest BCUT2D eigenvalue weighted by molar-refractivity contribution is 6.12. The number of ether oxygens (including phenoxy) is 1. The minimum atomic E-state index is -0.463. The summed E-state index contributed by atoms with van der Waals surface area (Å²) >= 11 is 0. The van der Waals surface area contributed by atoms with E-state index in [1.165, 1.54) is 12.1 Å². The van der Waals surface area contributed by atoms with Crippen LogP contribution in [0, 0.1) is 19.7 Å². The van der Waals surface area contributed by atoms with Crippen LogP contribution in [0.2, 0.25) is 0 Å². The van der Waals surface area contributed by atoms with Crippen LogP contribution < -0.4 is 15.0 Å². The van der Waals surface area contributed by atoms with Crippen molar-refractivity contribution in [2.75, 3.05) is 10.2 Å². The lowest BCUT2D eigenvalue weighted by molar-refractivity contribution is 0.0975. The first kappa shape index (κ1) is 20.8. The summed E-state index contributed by atoms with van der Waals surface area (Å²) in [6, 6.07) is 20.8. The highest BCUT2D eigenvalue weighted by Gasteiger charge is 2.34. The Balaban J connectivity index is 1.44. The normalized spacial score (nSPS) is 15.2. The fourth-order valence-corrected chi connectivity index (χ4v) is 3.96. The van der Waals surface area contributed by atoms with E-state index in [0.717, 1.165) is 28.3 Å². The van der Waals surface area contributed by atoms with Crippen molar-refractivity contribution in [1.29, 1.82) is 0 Å². The van der Waals surface area contributed by atoms with Crippen LogP contribution >= 0.6 is 0 Å². The molecule has 0 spiro atoms. The average Bonchev–Trinajstić information content (AvgIpc) is 3.16. The van der Waals surface area contributed by atoms with E-state index >= 15 is 0 Å². The topological polar surface area (TPSA) is 67.6 Å². The molecule has 2 heterocycles. The van der Waals surface area contributed by atoms with Crippen molar-refractivity contribution in [3.63, 3.8) is 0 Å². The maximum Gasteiger partial charge on any atom is 0.262 e. The van der Waals surface area contributed by atoms with Crippen molar-refractivity contribution in [3.05, 3.63) is 107 Å². The molecule has 33 heavy (non-hydrogen) atoms. The van der Waals surface area contributed by atoms with E-state index in [1.54, 1.807) is 23.1 Å². The minimum Gasteiger partial charge on any atom is -0.489 e. The van der Waals surface area contributed by atoms with E-state index in [9.17, 15) is 9.18 Å². The molecule has 1 atom stereocenters. The highest BCUT2D eigenvalue weighted by Crippen LogP contribution is 2.37. The number of para-hydroxylation sites is 1. The number of nitrogens with zero attached hydrogens (tertiary/aromatic N) is 2. The molecule has 1 unspecified atom stereocenters. The summed E-state index contributed by atoms with van der Waals surface area (Å²) in [7, 11) is 0. The van der Waals surface area contributed by atoms with Gasteiger partial charge in [0.1, 0.15) is 30.1 Å². The zero-order valence-corrected chi connectivity index (χ0v) is 18.2. The van der Waals surface area contributed by atoms with Crippen LogP contribution in [0.15, 0.2) is 77.3 Å². The third-order valence-corrected chi connectivity index (χ3v) is 5.79. The third kappa shape index (κ3) is 3.93. The molecule has 0 bridgehead atoms. The van der Waals surface area contributed by atoms with Crippen LogP contribution in [0.3, 0.4) is 0 Å². The molecule has 0 aliphatic carbocycles. The molecule has 1 aliphatic heterocycles. The van der Waals surface area contributed by atoms with E-state index in [0.29, 0.717) is 23.6 Å². The molecule has 1 N–H and O–H groups in total. The number of benzene rings is 3. The lowest BCUT2D eigenvalue weighted by Gasteiger charge is -2.38. The number of nitrogens with one attached hydrogen (secondary N) is 1. The van der Waals surface area contributed by atoms with Crippen LogP contribution in [-0.2, 0) is 6.61 Å². The van der Waals surface area contributed by atoms with Gasteiger partial charge in [0.15, 0.2) is 0 Å². The van der Waals surface area contributed by atoms with E-state index in [-0.39, 0.29) is 11.7 Å². The summed E-state index contributed by atoms with van der Waals surface area (Å²) < 4.78 is 24.6. The Bertz CT molecular complexity index is 1280. The van der Waals surface area contributed by atoms with Crippen molar-refractivity contribution < 1.29 is 18.4 Å². The van der Waals surface area contributed by atoms with Gasteiger partial charge in [0, 0.05) is 11.4 Å². The SMILES string of the molecule is Cc1noc(C)c1COc1ccc(C2Nc3ccccc3C(=O)N2c2ccc(F)cc2)cc1. The second kappa shape index (κ2) is 8.43. The van der Waals surface area contributed by atoms with Crippen LogP contribution in [0.1, 0.15) is 39.1 Å². The number of rotatable bonds is 5. The minimum absolute atomic E-state index is 0.153. The van der Waals surface area contributed by atoms with Gasteiger partial charge in [-0.1, -0.05) is 29.4 Å². The van der Waals surface area contributed by atoms with Gasteiger partial charge in [-0.2, -0.15) is 0 Å². The molecular formula is C26H22FN3O3. The summed E-state index contributed by atoms with van der Waals surface area (Å²) in [5.74, 6) is 0.921. The Hall–Kier alpha value is -4.13. The summed E-state index contributed by atoms with van der Waals surface area (Å²) in [6.07, 6.45) is -0.463. The number of anilines is 2. The zero-order valence-electron chi connectivity index (χ0n) is 18.2. The molecule has 1 amide bonds. The molecule has 0 radical (unpaired) electrons. The number of carbonyl (C=O) groups excluding carboxylic acids is 1. The summed E-state index contributed by atoms with van der Waals surface area (Å²) in [5.41, 5.74) is 4.53. The van der Waals surface area contributed by atoms with Crippen LogP contribution in [-0.4, -0.2) is 11.1 Å². The van der Waals surface area contributed by atoms with Gasteiger partial charge in [-0.15, -0.1) is 0 Å². The Morgan fingerprint density at radius 1 is 1.03 bits per heavy atom. The van der Waals surface area contributed by atoms with Crippen LogP contribution in [0.25, 0.3) is 0 Å². The monoisotopic (exact) mass is 443 g/mol. The van der Waals surface area contributed by atoms with Crippen LogP contribution in [0.4, 0.5) is 15.8 Å². The Morgan fingerprint density at radius 3 is 2.45 bits per heavy atom. The number of aromatic nitrogens is 1. The van der Waals surface area contributed by atoms with Gasteiger partial charge in [0.25, 0.3) is 5.91 Å². The second-order valence-corrected chi connectivity index (χ2v) is 7.90. The van der Waals surface area contributed by atoms with Gasteiger partial charge in [-0.25, -0.2) is 4.39 Å². The van der Waals surface area contributed by atoms with Crippen molar-refractivity contribution >= 4 is 17.3 Å². The van der Waals surface area contributed by atoms with E-state index in [2.05, 4.69) is 10.5 Å². The van der Waals surface area contributed by atoms with Gasteiger partial charge in [0.2, 0.25) is 0 Å². The molecule has 4 aromatic rings. The predicted octanol–water partition coefficient (Wildman–Crippen LogP) is 5.78. The predicted molar refractivity (Wildman–Crippen MR) is 123 cm³/mol. The van der Waals surface area contributed by atoms with Gasteiger partial charge in [0.05, 0.1) is 16.8 Å². The van der Waals surface area contributed by atoms with Gasteiger partial charge >= 0.3 is 0 Å². The van der Waals surface area contributed by atoms with Gasteiger partial charge in [-0.05, 0) is 67.9 Å². The highest BCUT2D eigenvalue weighted by atomic mass is 19.1. The zero-order chi connectivity index (χ0) is 22.9. The smallest absolute Gasteiger partial charge is 0.262 e. The number of fused-ring (bicyclic) bond motifs is 1. The Kier molecular flexibility index (Phi) is 5.30. The molecule has 5 rings (SSSR count). The Labute approximate surface area is 190 Å². The molecular weight excluding hydrogens is 421 g/mol. The number of carbonyl (C=O) groups is 1. The van der Waals surface area contributed by atoms with E-state index in [1.807, 2.05) is 56.3 Å². The quantitative estimate of drug-likeness (QED) is 0.423. The fraction of sp³-hybridized carbons (Fsp3) is 0.154. The van der Waals surface area contributed by atoms with Crippen LogP contribution in [0.5, 0.6) is 5.75 Å². The largest absolute Gasteiger partial charge is 0.489 e. The van der Waals surface area contributed by atoms with Gasteiger partial charge in [-0.3, -0.25) is 9.69 Å². The van der Waals surface area contributed by atoms with Crippen molar-refractivity contribution in [3.8, 4) is 5.75 Å². The maximum atomic E-state index is 13.5. The summed E-state index contributed by atoms with van der Waals surface area (Å²) in [5, 5.41) is 7.39. The summed E-state index contributed by atoms with van der Waals surface area (Å²) in [6.45, 7) is 4.09. The number of amides is 1. The lowest BCUT2D eigenvalue weighted by Crippen LogP contribution is -2.43. The lowest BCUT2D eigenvalue weighted by atomic mass is 10.0. The molecule has 1 aromatic heterocycles. The third-order valence-electron chi connectivity index (χ3n) is 5.79. The number of halogens is 1. The number of hydrogen-bond acceptors (Lipinski definition) is 5. The number of aryl methyl sites for hydroxylation is 2. The first-order valence-corrected chi connectivity index (χ1v) is 10.6. The molecule has 0 saturated carbocycles. The molecule has 0 saturated heterocycles. The summed E-state index contributed by atoms with van der Waals surface area (Å²) in [4.78, 5) is 15.0. The number of hydrogen-bond donors (Lipinski definition) is 1. The molecule has 7 heteroatoms. The molecule has 1 aliphatic rings. The van der Waals surface area contributed by atoms with Gasteiger partial charge < -0.3 is 14.6 Å². The van der Waals surface area contributed by atoms with Crippen molar-refractivity contribution in [2.24, 2.45) is 0 Å². The van der Waals surface area contributed by atoms with Crippen molar-refractivity contribution in [2.45, 2.75) is 26.6 Å². The molecule has 166 valence electrons. The maximum absolute atomic E-state index is 13.5. The van der Waals surface area contributed by atoms with Crippen molar-refractivity contribution in [1.82, 2.24) is 5.16 Å². The van der Waals surface area contributed by atoms with E-state index in [4.69, 9.17) is 9.26 Å². The van der Waals surface area contributed by atoms with E-state index < -0.39 is 6.17 Å². The average molecular weight is 443 g/mol. The fourth-order valence-electron chi connectivity index (χ4n) is 3.96. The first-order chi connectivity index (χ1) is 16.0. The molecule has 3 aromatic carbocycles. The Morgan fingerprint density at radius 2 is 1.76 bits per heavy atom. The second-order valence-electron chi connectivity index (χ2n) is 7.90. The molecule has 0 fully saturated rings. The molecule has 6 nitrogen and oxygen atoms in total.